The van der Waals surface area contributed by atoms with Crippen molar-refractivity contribution in [1.82, 2.24) is 25.3 Å². The Bertz CT molecular complexity index is 478. The van der Waals surface area contributed by atoms with Crippen molar-refractivity contribution >= 4 is 35.8 Å². The number of carbonyl (C=O) groups is 1. The zero-order chi connectivity index (χ0) is 20.2. The van der Waals surface area contributed by atoms with E-state index in [4.69, 9.17) is 4.74 Å². The molecule has 9 heteroatoms. The summed E-state index contributed by atoms with van der Waals surface area (Å²) in [4.78, 5) is 22.9. The number of rotatable bonds is 9. The van der Waals surface area contributed by atoms with Gasteiger partial charge in [-0.2, -0.15) is 0 Å². The Morgan fingerprint density at radius 3 is 2.31 bits per heavy atom. The lowest BCUT2D eigenvalue weighted by molar-refractivity contribution is -0.127. The molecule has 2 fully saturated rings. The van der Waals surface area contributed by atoms with Crippen LogP contribution in [0.3, 0.4) is 0 Å². The number of nitrogens with one attached hydrogen (secondary N) is 2. The topological polar surface area (TPSA) is 72.4 Å². The molecule has 0 radical (unpaired) electrons. The van der Waals surface area contributed by atoms with Crippen LogP contribution in [0.25, 0.3) is 0 Å². The number of piperidine rings is 1. The molecule has 2 rings (SSSR count). The van der Waals surface area contributed by atoms with E-state index >= 15 is 0 Å². The summed E-state index contributed by atoms with van der Waals surface area (Å²) in [5.74, 6) is 1.62. The second-order valence-electron chi connectivity index (χ2n) is 8.14. The van der Waals surface area contributed by atoms with E-state index in [1.165, 1.54) is 25.9 Å². The van der Waals surface area contributed by atoms with Crippen molar-refractivity contribution in [2.24, 2.45) is 10.9 Å². The van der Waals surface area contributed by atoms with Gasteiger partial charge in [-0.1, -0.05) is 6.92 Å². The van der Waals surface area contributed by atoms with E-state index in [1.54, 1.807) is 19.0 Å². The average Bonchev–Trinajstić information content (AvgIpc) is 2.70. The van der Waals surface area contributed by atoms with E-state index in [1.807, 2.05) is 0 Å². The number of amides is 1. The fraction of sp³-hybridized carbons (Fsp3) is 0.900. The summed E-state index contributed by atoms with van der Waals surface area (Å²) in [6, 6.07) is 0. The van der Waals surface area contributed by atoms with E-state index in [-0.39, 0.29) is 36.4 Å². The molecule has 1 amide bonds. The zero-order valence-corrected chi connectivity index (χ0v) is 20.8. The molecule has 2 heterocycles. The molecule has 2 aliphatic heterocycles. The first-order valence-corrected chi connectivity index (χ1v) is 10.8. The Kier molecular flexibility index (Phi) is 13.8. The van der Waals surface area contributed by atoms with Gasteiger partial charge in [-0.15, -0.1) is 24.0 Å². The lowest BCUT2D eigenvalue weighted by Gasteiger charge is -2.30. The van der Waals surface area contributed by atoms with Gasteiger partial charge in [-0.3, -0.25) is 9.69 Å². The van der Waals surface area contributed by atoms with Crippen LogP contribution in [-0.2, 0) is 9.53 Å². The predicted octanol–water partition coefficient (Wildman–Crippen LogP) is 0.682. The highest BCUT2D eigenvalue weighted by Gasteiger charge is 2.15. The van der Waals surface area contributed by atoms with Crippen LogP contribution in [0.5, 0.6) is 0 Å². The zero-order valence-electron chi connectivity index (χ0n) is 18.5. The summed E-state index contributed by atoms with van der Waals surface area (Å²) < 4.78 is 5.39. The van der Waals surface area contributed by atoms with Crippen LogP contribution in [0.1, 0.15) is 26.2 Å². The van der Waals surface area contributed by atoms with Crippen LogP contribution in [0.15, 0.2) is 4.99 Å². The number of carbonyl (C=O) groups excluding carboxylic acids is 1. The first-order valence-electron chi connectivity index (χ1n) is 10.8. The number of likely N-dealkylation sites (N-methyl/N-ethyl adjacent to an activating group) is 1. The SMILES string of the molecule is CC1CCN(CCCNC(=NCC(=O)N(C)C)NCCN2CCOCC2)CC1.I. The molecule has 0 bridgehead atoms. The van der Waals surface area contributed by atoms with Gasteiger partial charge in [0, 0.05) is 46.8 Å². The minimum Gasteiger partial charge on any atom is -0.379 e. The molecule has 0 aliphatic carbocycles. The summed E-state index contributed by atoms with van der Waals surface area (Å²) in [6.07, 6.45) is 3.71. The normalized spacial score (nSPS) is 19.5. The smallest absolute Gasteiger partial charge is 0.243 e. The Hall–Kier alpha value is -0.650. The fourth-order valence-electron chi connectivity index (χ4n) is 3.41. The standard InChI is InChI=1S/C20H40N6O2.HI/c1-18-5-10-25(11-6-18)9-4-7-21-20(23-17-19(27)24(2)3)22-8-12-26-13-15-28-16-14-26;/h18H,4-17H2,1-3H3,(H2,21,22,23);1H. The van der Waals surface area contributed by atoms with Crippen LogP contribution in [0.2, 0.25) is 0 Å². The second kappa shape index (κ2) is 15.2. The van der Waals surface area contributed by atoms with Crippen molar-refractivity contribution in [3.63, 3.8) is 0 Å². The molecule has 0 atom stereocenters. The highest BCUT2D eigenvalue weighted by molar-refractivity contribution is 14.0. The number of likely N-dealkylation sites (tertiary alicyclic amines) is 1. The monoisotopic (exact) mass is 524 g/mol. The minimum atomic E-state index is 0. The molecule has 2 saturated heterocycles. The molecule has 0 spiro atoms. The molecule has 0 aromatic carbocycles. The number of halogens is 1. The molecule has 8 nitrogen and oxygen atoms in total. The average molecular weight is 524 g/mol. The van der Waals surface area contributed by atoms with Crippen LogP contribution in [-0.4, -0.2) is 113 Å². The van der Waals surface area contributed by atoms with Crippen molar-refractivity contribution in [2.45, 2.75) is 26.2 Å². The summed E-state index contributed by atoms with van der Waals surface area (Å²) in [5.41, 5.74) is 0. The molecule has 2 aliphatic rings. The molecule has 0 saturated carbocycles. The highest BCUT2D eigenvalue weighted by Crippen LogP contribution is 2.15. The van der Waals surface area contributed by atoms with E-state index < -0.39 is 0 Å². The first-order chi connectivity index (χ1) is 13.5. The second-order valence-corrected chi connectivity index (χ2v) is 8.14. The molecule has 0 aromatic rings. The number of morpholine rings is 1. The summed E-state index contributed by atoms with van der Waals surface area (Å²) >= 11 is 0. The number of guanidine groups is 1. The van der Waals surface area contributed by atoms with E-state index in [0.29, 0.717) is 0 Å². The third kappa shape index (κ3) is 11.4. The lowest BCUT2D eigenvalue weighted by Crippen LogP contribution is -2.45. The van der Waals surface area contributed by atoms with Gasteiger partial charge in [0.05, 0.1) is 13.2 Å². The van der Waals surface area contributed by atoms with Gasteiger partial charge in [0.15, 0.2) is 5.96 Å². The van der Waals surface area contributed by atoms with Crippen molar-refractivity contribution in [3.05, 3.63) is 0 Å². The Labute approximate surface area is 193 Å². The molecule has 0 aromatic heterocycles. The molecular formula is C20H41IN6O2. The largest absolute Gasteiger partial charge is 0.379 e. The van der Waals surface area contributed by atoms with Crippen LogP contribution >= 0.6 is 24.0 Å². The number of aliphatic imine (C=N–C) groups is 1. The molecular weight excluding hydrogens is 483 g/mol. The molecule has 29 heavy (non-hydrogen) atoms. The van der Waals surface area contributed by atoms with E-state index in [0.717, 1.165) is 70.8 Å². The molecule has 0 unspecified atom stereocenters. The van der Waals surface area contributed by atoms with Gasteiger partial charge in [-0.25, -0.2) is 4.99 Å². The lowest BCUT2D eigenvalue weighted by atomic mass is 9.99. The maximum absolute atomic E-state index is 11.9. The van der Waals surface area contributed by atoms with Crippen LogP contribution < -0.4 is 10.6 Å². The summed E-state index contributed by atoms with van der Waals surface area (Å²) in [5, 5.41) is 6.78. The Morgan fingerprint density at radius 2 is 1.66 bits per heavy atom. The third-order valence-corrected chi connectivity index (χ3v) is 5.52. The number of hydrogen-bond donors (Lipinski definition) is 2. The van der Waals surface area contributed by atoms with Gasteiger partial charge in [0.1, 0.15) is 6.54 Å². The molecule has 170 valence electrons. The summed E-state index contributed by atoms with van der Waals surface area (Å²) in [6.45, 7) is 12.3. The van der Waals surface area contributed by atoms with Gasteiger partial charge in [-0.05, 0) is 44.8 Å². The third-order valence-electron chi connectivity index (χ3n) is 5.52. The van der Waals surface area contributed by atoms with E-state index in [9.17, 15) is 4.79 Å². The Balaban J connectivity index is 0.00000420. The van der Waals surface area contributed by atoms with Gasteiger partial charge >= 0.3 is 0 Å². The molecule has 2 N–H and O–H groups in total. The van der Waals surface area contributed by atoms with Gasteiger partial charge < -0.3 is 25.2 Å². The number of hydrogen-bond acceptors (Lipinski definition) is 5. The van der Waals surface area contributed by atoms with Crippen molar-refractivity contribution in [1.29, 1.82) is 0 Å². The van der Waals surface area contributed by atoms with Gasteiger partial charge in [0.2, 0.25) is 5.91 Å². The maximum Gasteiger partial charge on any atom is 0.243 e. The van der Waals surface area contributed by atoms with Gasteiger partial charge in [0.25, 0.3) is 0 Å². The maximum atomic E-state index is 11.9. The summed E-state index contributed by atoms with van der Waals surface area (Å²) in [7, 11) is 3.52. The number of nitrogens with zero attached hydrogens (tertiary/aromatic N) is 4. The fourth-order valence-corrected chi connectivity index (χ4v) is 3.41. The predicted molar refractivity (Wildman–Crippen MR) is 129 cm³/mol. The van der Waals surface area contributed by atoms with E-state index in [2.05, 4.69) is 32.3 Å². The van der Waals surface area contributed by atoms with Crippen molar-refractivity contribution < 1.29 is 9.53 Å². The Morgan fingerprint density at radius 1 is 1.03 bits per heavy atom. The quantitative estimate of drug-likeness (QED) is 0.200. The first kappa shape index (κ1) is 26.4. The number of ether oxygens (including phenoxy) is 1. The van der Waals surface area contributed by atoms with Crippen molar-refractivity contribution in [3.8, 4) is 0 Å². The van der Waals surface area contributed by atoms with Crippen molar-refractivity contribution in [2.75, 3.05) is 86.2 Å². The van der Waals surface area contributed by atoms with Crippen LogP contribution in [0.4, 0.5) is 0 Å². The van der Waals surface area contributed by atoms with Crippen LogP contribution in [0, 0.1) is 5.92 Å². The minimum absolute atomic E-state index is 0. The highest BCUT2D eigenvalue weighted by atomic mass is 127.